The molecule has 0 aromatic carbocycles. The summed E-state index contributed by atoms with van der Waals surface area (Å²) in [7, 11) is 0. The van der Waals surface area contributed by atoms with Crippen molar-refractivity contribution in [3.05, 3.63) is 30.1 Å². The van der Waals surface area contributed by atoms with Crippen molar-refractivity contribution in [2.45, 2.75) is 19.8 Å². The van der Waals surface area contributed by atoms with E-state index in [1.54, 1.807) is 19.1 Å². The van der Waals surface area contributed by atoms with Crippen LogP contribution in [0.1, 0.15) is 30.1 Å². The molecule has 0 unspecified atom stereocenters. The number of nitrogens with zero attached hydrogens (tertiary/aromatic N) is 2. The summed E-state index contributed by atoms with van der Waals surface area (Å²) in [5.74, 6) is -1.23. The summed E-state index contributed by atoms with van der Waals surface area (Å²) in [4.78, 5) is 25.6. The fraction of sp³-hybridized carbons (Fsp3) is 0.273. The molecule has 6 nitrogen and oxygen atoms in total. The van der Waals surface area contributed by atoms with Gasteiger partial charge in [0.15, 0.2) is 0 Å². The molecule has 0 saturated carbocycles. The highest BCUT2D eigenvalue weighted by Gasteiger charge is 2.03. The molecule has 1 heterocycles. The Morgan fingerprint density at radius 2 is 2.00 bits per heavy atom. The minimum Gasteiger partial charge on any atom is -0.481 e. The van der Waals surface area contributed by atoms with Gasteiger partial charge in [0.1, 0.15) is 0 Å². The molecule has 0 radical (unpaired) electrons. The van der Waals surface area contributed by atoms with Crippen molar-refractivity contribution >= 4 is 17.6 Å². The van der Waals surface area contributed by atoms with Crippen molar-refractivity contribution in [1.82, 2.24) is 10.4 Å². The average molecular weight is 235 g/mol. The van der Waals surface area contributed by atoms with E-state index < -0.39 is 5.97 Å². The standard InChI is InChI=1S/C11H13N3O3/c1-8(2-3-10(15)16)13-14-11(17)9-4-6-12-7-5-9/h4-7H,2-3H2,1H3,(H,14,17)(H,15,16)/b13-8-. The maximum atomic E-state index is 11.5. The Labute approximate surface area is 98.4 Å². The second-order valence-electron chi connectivity index (χ2n) is 3.42. The number of aliphatic carboxylic acids is 1. The summed E-state index contributed by atoms with van der Waals surface area (Å²) in [5.41, 5.74) is 3.37. The van der Waals surface area contributed by atoms with Crippen LogP contribution in [0.2, 0.25) is 0 Å². The number of amides is 1. The van der Waals surface area contributed by atoms with E-state index in [1.165, 1.54) is 12.4 Å². The van der Waals surface area contributed by atoms with E-state index in [-0.39, 0.29) is 12.3 Å². The number of nitrogens with one attached hydrogen (secondary N) is 1. The lowest BCUT2D eigenvalue weighted by atomic mass is 10.2. The summed E-state index contributed by atoms with van der Waals surface area (Å²) >= 11 is 0. The minimum atomic E-state index is -0.889. The van der Waals surface area contributed by atoms with Gasteiger partial charge in [0.25, 0.3) is 5.91 Å². The quantitative estimate of drug-likeness (QED) is 0.589. The van der Waals surface area contributed by atoms with Gasteiger partial charge in [-0.25, -0.2) is 5.43 Å². The molecule has 17 heavy (non-hydrogen) atoms. The zero-order chi connectivity index (χ0) is 12.7. The van der Waals surface area contributed by atoms with E-state index in [9.17, 15) is 9.59 Å². The smallest absolute Gasteiger partial charge is 0.303 e. The Hall–Kier alpha value is -2.24. The van der Waals surface area contributed by atoms with E-state index in [2.05, 4.69) is 15.5 Å². The van der Waals surface area contributed by atoms with Crippen LogP contribution in [0.5, 0.6) is 0 Å². The van der Waals surface area contributed by atoms with Gasteiger partial charge in [-0.3, -0.25) is 14.6 Å². The first-order valence-electron chi connectivity index (χ1n) is 5.05. The lowest BCUT2D eigenvalue weighted by Gasteiger charge is -2.01. The SMILES string of the molecule is C/C(CCC(=O)O)=N/NC(=O)c1ccncc1. The molecule has 2 N–H and O–H groups in total. The van der Waals surface area contributed by atoms with E-state index >= 15 is 0 Å². The molecule has 0 saturated heterocycles. The second kappa shape index (κ2) is 6.37. The second-order valence-corrected chi connectivity index (χ2v) is 3.42. The van der Waals surface area contributed by atoms with E-state index in [4.69, 9.17) is 5.11 Å². The van der Waals surface area contributed by atoms with Gasteiger partial charge in [-0.05, 0) is 25.5 Å². The van der Waals surface area contributed by atoms with Crippen molar-refractivity contribution in [2.75, 3.05) is 0 Å². The molecule has 6 heteroatoms. The van der Waals surface area contributed by atoms with Crippen LogP contribution in [-0.4, -0.2) is 27.7 Å². The van der Waals surface area contributed by atoms with Crippen molar-refractivity contribution in [3.63, 3.8) is 0 Å². The third kappa shape index (κ3) is 4.87. The number of hydrazone groups is 1. The van der Waals surface area contributed by atoms with E-state index in [0.717, 1.165) is 0 Å². The molecule has 0 spiro atoms. The number of carboxylic acids is 1. The van der Waals surface area contributed by atoms with Crippen LogP contribution in [0.3, 0.4) is 0 Å². The molecular formula is C11H13N3O3. The van der Waals surface area contributed by atoms with E-state index in [1.807, 2.05) is 0 Å². The molecule has 0 fully saturated rings. The molecule has 0 aliphatic rings. The largest absolute Gasteiger partial charge is 0.481 e. The fourth-order valence-corrected chi connectivity index (χ4v) is 1.06. The molecule has 0 bridgehead atoms. The highest BCUT2D eigenvalue weighted by Crippen LogP contribution is 1.96. The number of carbonyl (C=O) groups is 2. The molecule has 0 atom stereocenters. The predicted octanol–water partition coefficient (Wildman–Crippen LogP) is 1.05. The maximum absolute atomic E-state index is 11.5. The number of carboxylic acid groups (broad SMARTS) is 1. The number of hydrogen-bond acceptors (Lipinski definition) is 4. The lowest BCUT2D eigenvalue weighted by Crippen LogP contribution is -2.19. The van der Waals surface area contributed by atoms with Gasteiger partial charge in [0.05, 0.1) is 6.42 Å². The molecule has 1 rings (SSSR count). The molecule has 1 amide bonds. The summed E-state index contributed by atoms with van der Waals surface area (Å²) < 4.78 is 0. The fourth-order valence-electron chi connectivity index (χ4n) is 1.06. The average Bonchev–Trinajstić information content (AvgIpc) is 2.34. The Morgan fingerprint density at radius 1 is 1.35 bits per heavy atom. The van der Waals surface area contributed by atoms with Gasteiger partial charge in [0, 0.05) is 23.7 Å². The molecular weight excluding hydrogens is 222 g/mol. The Morgan fingerprint density at radius 3 is 2.59 bits per heavy atom. The van der Waals surface area contributed by atoms with Crippen molar-refractivity contribution in [1.29, 1.82) is 0 Å². The van der Waals surface area contributed by atoms with Crippen LogP contribution < -0.4 is 5.43 Å². The van der Waals surface area contributed by atoms with Crippen molar-refractivity contribution < 1.29 is 14.7 Å². The summed E-state index contributed by atoms with van der Waals surface area (Å²) in [5, 5.41) is 12.3. The first kappa shape index (κ1) is 12.8. The first-order chi connectivity index (χ1) is 8.09. The van der Waals surface area contributed by atoms with Crippen LogP contribution in [0.4, 0.5) is 0 Å². The van der Waals surface area contributed by atoms with Gasteiger partial charge in [0.2, 0.25) is 0 Å². The lowest BCUT2D eigenvalue weighted by molar-refractivity contribution is -0.136. The van der Waals surface area contributed by atoms with Crippen molar-refractivity contribution in [3.8, 4) is 0 Å². The van der Waals surface area contributed by atoms with Crippen molar-refractivity contribution in [2.24, 2.45) is 5.10 Å². The van der Waals surface area contributed by atoms with Gasteiger partial charge < -0.3 is 5.11 Å². The highest BCUT2D eigenvalue weighted by molar-refractivity contribution is 5.95. The zero-order valence-electron chi connectivity index (χ0n) is 9.38. The van der Waals surface area contributed by atoms with Crippen LogP contribution in [0.25, 0.3) is 0 Å². The Bertz CT molecular complexity index is 429. The van der Waals surface area contributed by atoms with Gasteiger partial charge in [-0.15, -0.1) is 0 Å². The topological polar surface area (TPSA) is 91.6 Å². The minimum absolute atomic E-state index is 0.000457. The van der Waals surface area contributed by atoms with Gasteiger partial charge >= 0.3 is 5.97 Å². The van der Waals surface area contributed by atoms with Crippen LogP contribution in [0.15, 0.2) is 29.6 Å². The molecule has 1 aromatic rings. The number of carbonyl (C=O) groups excluding carboxylic acids is 1. The van der Waals surface area contributed by atoms with Crippen LogP contribution in [0, 0.1) is 0 Å². The van der Waals surface area contributed by atoms with Gasteiger partial charge in [-0.2, -0.15) is 5.10 Å². The number of hydrogen-bond donors (Lipinski definition) is 2. The third-order valence-corrected chi connectivity index (χ3v) is 1.99. The Kier molecular flexibility index (Phi) is 4.80. The monoisotopic (exact) mass is 235 g/mol. The third-order valence-electron chi connectivity index (χ3n) is 1.99. The maximum Gasteiger partial charge on any atom is 0.303 e. The molecule has 90 valence electrons. The van der Waals surface area contributed by atoms with Crippen LogP contribution in [-0.2, 0) is 4.79 Å². The Balaban J connectivity index is 2.47. The normalized spacial score (nSPS) is 11.0. The molecule has 1 aromatic heterocycles. The summed E-state index contributed by atoms with van der Waals surface area (Å²) in [6.45, 7) is 1.66. The van der Waals surface area contributed by atoms with Gasteiger partial charge in [-0.1, -0.05) is 0 Å². The summed E-state index contributed by atoms with van der Waals surface area (Å²) in [6, 6.07) is 3.13. The number of pyridine rings is 1. The molecule has 0 aliphatic heterocycles. The molecule has 0 aliphatic carbocycles. The number of rotatable bonds is 5. The summed E-state index contributed by atoms with van der Waals surface area (Å²) in [6.07, 6.45) is 3.33. The highest BCUT2D eigenvalue weighted by atomic mass is 16.4. The first-order valence-corrected chi connectivity index (χ1v) is 5.05. The van der Waals surface area contributed by atoms with Crippen LogP contribution >= 0.6 is 0 Å². The zero-order valence-corrected chi connectivity index (χ0v) is 9.38. The van der Waals surface area contributed by atoms with E-state index in [0.29, 0.717) is 17.7 Å². The predicted molar refractivity (Wildman–Crippen MR) is 61.7 cm³/mol. The number of aromatic nitrogens is 1.